The molecule has 1 aliphatic heterocycles. The number of aryl methyl sites for hydroxylation is 1. The summed E-state index contributed by atoms with van der Waals surface area (Å²) in [5.74, 6) is -2.24. The minimum absolute atomic E-state index is 0.152. The number of hydrogen-bond donors (Lipinski definition) is 0. The van der Waals surface area contributed by atoms with E-state index in [-0.39, 0.29) is 6.54 Å². The lowest BCUT2D eigenvalue weighted by atomic mass is 9.95. The number of halogens is 2. The van der Waals surface area contributed by atoms with E-state index in [0.29, 0.717) is 13.0 Å². The van der Waals surface area contributed by atoms with Crippen LogP contribution < -0.4 is 0 Å². The number of nitrogens with zero attached hydrogens (tertiary/aromatic N) is 3. The predicted octanol–water partition coefficient (Wildman–Crippen LogP) is 1.90. The molecule has 16 heavy (non-hydrogen) atoms. The first kappa shape index (κ1) is 11.5. The topological polar surface area (TPSA) is 21.1 Å². The van der Waals surface area contributed by atoms with Crippen molar-refractivity contribution >= 4 is 0 Å². The van der Waals surface area contributed by atoms with Crippen LogP contribution in [-0.4, -0.2) is 33.5 Å². The van der Waals surface area contributed by atoms with Crippen LogP contribution in [0.4, 0.5) is 8.78 Å². The molecule has 0 bridgehead atoms. The van der Waals surface area contributed by atoms with E-state index < -0.39 is 11.8 Å². The van der Waals surface area contributed by atoms with Crippen LogP contribution >= 0.6 is 0 Å². The molecule has 1 saturated heterocycles. The van der Waals surface area contributed by atoms with Gasteiger partial charge in [-0.25, -0.2) is 13.8 Å². The van der Waals surface area contributed by atoms with Crippen molar-refractivity contribution in [2.75, 3.05) is 13.1 Å². The zero-order valence-corrected chi connectivity index (χ0v) is 9.66. The van der Waals surface area contributed by atoms with Gasteiger partial charge < -0.3 is 4.57 Å². The van der Waals surface area contributed by atoms with E-state index in [9.17, 15) is 8.78 Å². The van der Waals surface area contributed by atoms with Crippen molar-refractivity contribution in [3.8, 4) is 0 Å². The van der Waals surface area contributed by atoms with Crippen LogP contribution in [0, 0.1) is 5.92 Å². The Labute approximate surface area is 94.1 Å². The maximum absolute atomic E-state index is 13.5. The van der Waals surface area contributed by atoms with Gasteiger partial charge in [0.15, 0.2) is 0 Å². The van der Waals surface area contributed by atoms with Gasteiger partial charge in [-0.05, 0) is 13.0 Å². The second-order valence-electron chi connectivity index (χ2n) is 4.62. The first-order valence-electron chi connectivity index (χ1n) is 5.55. The number of imidazole rings is 1. The highest BCUT2D eigenvalue weighted by Gasteiger charge is 2.41. The molecule has 2 rings (SSSR count). The van der Waals surface area contributed by atoms with Gasteiger partial charge >= 0.3 is 0 Å². The summed E-state index contributed by atoms with van der Waals surface area (Å²) in [7, 11) is 1.88. The Morgan fingerprint density at radius 3 is 2.88 bits per heavy atom. The second-order valence-corrected chi connectivity index (χ2v) is 4.62. The van der Waals surface area contributed by atoms with Crippen LogP contribution in [0.1, 0.15) is 19.2 Å². The van der Waals surface area contributed by atoms with Crippen molar-refractivity contribution in [1.82, 2.24) is 14.5 Å². The van der Waals surface area contributed by atoms with Crippen molar-refractivity contribution in [2.45, 2.75) is 25.8 Å². The van der Waals surface area contributed by atoms with Crippen molar-refractivity contribution in [3.63, 3.8) is 0 Å². The second kappa shape index (κ2) is 4.13. The smallest absolute Gasteiger partial charge is 0.263 e. The molecule has 0 N–H and O–H groups in total. The van der Waals surface area contributed by atoms with E-state index in [2.05, 4.69) is 4.98 Å². The third kappa shape index (κ3) is 2.24. The molecule has 2 heterocycles. The molecule has 1 atom stereocenters. The highest BCUT2D eigenvalue weighted by atomic mass is 19.3. The number of likely N-dealkylation sites (tertiary alicyclic amines) is 1. The van der Waals surface area contributed by atoms with Crippen LogP contribution in [0.3, 0.4) is 0 Å². The van der Waals surface area contributed by atoms with E-state index in [1.165, 1.54) is 0 Å². The number of piperidine rings is 1. The van der Waals surface area contributed by atoms with Crippen molar-refractivity contribution in [2.24, 2.45) is 13.0 Å². The number of hydrogen-bond acceptors (Lipinski definition) is 2. The number of rotatable bonds is 2. The molecular formula is C11H17F2N3. The third-order valence-electron chi connectivity index (χ3n) is 3.32. The van der Waals surface area contributed by atoms with Crippen molar-refractivity contribution < 1.29 is 8.78 Å². The SMILES string of the molecule is C[C@@H]1CCN(Cc2nccn2C)CC1(F)F. The minimum atomic E-state index is -2.57. The Kier molecular flexibility index (Phi) is 2.97. The molecule has 1 aromatic rings. The fourth-order valence-electron chi connectivity index (χ4n) is 2.00. The molecule has 0 saturated carbocycles. The molecule has 90 valence electrons. The molecule has 5 heteroatoms. The van der Waals surface area contributed by atoms with Gasteiger partial charge in [-0.1, -0.05) is 6.92 Å². The molecule has 0 amide bonds. The van der Waals surface area contributed by atoms with Gasteiger partial charge in [0.1, 0.15) is 5.82 Å². The summed E-state index contributed by atoms with van der Waals surface area (Å²) in [6, 6.07) is 0. The first-order valence-corrected chi connectivity index (χ1v) is 5.55. The van der Waals surface area contributed by atoms with E-state index in [4.69, 9.17) is 0 Å². The maximum atomic E-state index is 13.5. The molecule has 3 nitrogen and oxygen atoms in total. The largest absolute Gasteiger partial charge is 0.337 e. The van der Waals surface area contributed by atoms with Crippen LogP contribution in [-0.2, 0) is 13.6 Å². The van der Waals surface area contributed by atoms with Gasteiger partial charge in [-0.2, -0.15) is 0 Å². The van der Waals surface area contributed by atoms with Crippen LogP contribution in [0.25, 0.3) is 0 Å². The average molecular weight is 229 g/mol. The molecule has 0 unspecified atom stereocenters. The predicted molar refractivity (Wildman–Crippen MR) is 57.2 cm³/mol. The molecule has 0 aromatic carbocycles. The minimum Gasteiger partial charge on any atom is -0.337 e. The monoisotopic (exact) mass is 229 g/mol. The fourth-order valence-corrected chi connectivity index (χ4v) is 2.00. The van der Waals surface area contributed by atoms with Gasteiger partial charge in [0, 0.05) is 25.4 Å². The van der Waals surface area contributed by atoms with Crippen molar-refractivity contribution in [3.05, 3.63) is 18.2 Å². The highest BCUT2D eigenvalue weighted by molar-refractivity contribution is 4.93. The number of aromatic nitrogens is 2. The van der Waals surface area contributed by atoms with E-state index >= 15 is 0 Å². The Balaban J connectivity index is 2.00. The Morgan fingerprint density at radius 1 is 1.56 bits per heavy atom. The molecule has 0 aliphatic carbocycles. The van der Waals surface area contributed by atoms with Gasteiger partial charge in [-0.3, -0.25) is 4.90 Å². The molecule has 0 radical (unpaired) electrons. The summed E-state index contributed by atoms with van der Waals surface area (Å²) in [6.45, 7) is 2.70. The first-order chi connectivity index (χ1) is 7.49. The average Bonchev–Trinajstić information content (AvgIpc) is 2.58. The summed E-state index contributed by atoms with van der Waals surface area (Å²) in [5, 5.41) is 0. The Morgan fingerprint density at radius 2 is 2.31 bits per heavy atom. The molecular weight excluding hydrogens is 212 g/mol. The number of alkyl halides is 2. The molecule has 1 aromatic heterocycles. The molecule has 1 aliphatic rings. The molecule has 0 spiro atoms. The Hall–Kier alpha value is -0.970. The van der Waals surface area contributed by atoms with Gasteiger partial charge in [-0.15, -0.1) is 0 Å². The van der Waals surface area contributed by atoms with Crippen LogP contribution in [0.2, 0.25) is 0 Å². The van der Waals surface area contributed by atoms with Gasteiger partial charge in [0.2, 0.25) is 0 Å². The van der Waals surface area contributed by atoms with E-state index in [0.717, 1.165) is 12.4 Å². The summed E-state index contributed by atoms with van der Waals surface area (Å²) in [6.07, 6.45) is 4.08. The van der Waals surface area contributed by atoms with E-state index in [1.54, 1.807) is 18.0 Å². The summed E-state index contributed by atoms with van der Waals surface area (Å²) in [5.41, 5.74) is 0. The standard InChI is InChI=1S/C11H17F2N3/c1-9-3-5-16(8-11(9,12)13)7-10-14-4-6-15(10)2/h4,6,9H,3,5,7-8H2,1-2H3/t9-/m1/s1. The fraction of sp³-hybridized carbons (Fsp3) is 0.727. The van der Waals surface area contributed by atoms with Gasteiger partial charge in [0.05, 0.1) is 13.1 Å². The summed E-state index contributed by atoms with van der Waals surface area (Å²) in [4.78, 5) is 5.93. The van der Waals surface area contributed by atoms with Crippen LogP contribution in [0.5, 0.6) is 0 Å². The zero-order valence-electron chi connectivity index (χ0n) is 9.66. The van der Waals surface area contributed by atoms with Crippen molar-refractivity contribution in [1.29, 1.82) is 0 Å². The summed E-state index contributed by atoms with van der Waals surface area (Å²) < 4.78 is 28.9. The maximum Gasteiger partial charge on any atom is 0.263 e. The normalized spacial score (nSPS) is 25.9. The van der Waals surface area contributed by atoms with E-state index in [1.807, 2.05) is 17.8 Å². The zero-order chi connectivity index (χ0) is 11.8. The lowest BCUT2D eigenvalue weighted by Gasteiger charge is -2.36. The lowest BCUT2D eigenvalue weighted by Crippen LogP contribution is -2.47. The quantitative estimate of drug-likeness (QED) is 0.772. The van der Waals surface area contributed by atoms with Gasteiger partial charge in [0.25, 0.3) is 5.92 Å². The third-order valence-corrected chi connectivity index (χ3v) is 3.32. The van der Waals surface area contributed by atoms with Crippen LogP contribution in [0.15, 0.2) is 12.4 Å². The highest BCUT2D eigenvalue weighted by Crippen LogP contribution is 2.32. The summed E-state index contributed by atoms with van der Waals surface area (Å²) >= 11 is 0. The molecule has 1 fully saturated rings. The lowest BCUT2D eigenvalue weighted by molar-refractivity contribution is -0.107. The Bertz CT molecular complexity index is 362.